The van der Waals surface area contributed by atoms with E-state index in [9.17, 15) is 4.79 Å². The number of rotatable bonds is 4. The number of carbonyl (C=O) groups excluding carboxylic acids is 1. The van der Waals surface area contributed by atoms with Crippen LogP contribution in [-0.2, 0) is 9.53 Å². The van der Waals surface area contributed by atoms with Crippen molar-refractivity contribution < 1.29 is 9.53 Å². The first kappa shape index (κ1) is 13.1. The van der Waals surface area contributed by atoms with E-state index in [2.05, 4.69) is 4.74 Å². The van der Waals surface area contributed by atoms with Crippen molar-refractivity contribution in [1.82, 2.24) is 0 Å². The minimum absolute atomic E-state index is 0. The molecule has 0 unspecified atom stereocenters. The molecule has 0 fully saturated rings. The summed E-state index contributed by atoms with van der Waals surface area (Å²) >= 11 is 0. The summed E-state index contributed by atoms with van der Waals surface area (Å²) < 4.78 is 4.59. The van der Waals surface area contributed by atoms with Crippen LogP contribution < -0.4 is 0 Å². The highest BCUT2D eigenvalue weighted by Gasteiger charge is 2.07. The van der Waals surface area contributed by atoms with Gasteiger partial charge in [0.25, 0.3) is 0 Å². The molecule has 0 atom stereocenters. The van der Waals surface area contributed by atoms with E-state index in [0.717, 1.165) is 6.42 Å². The molecular weight excluding hydrogens is 166 g/mol. The quantitative estimate of drug-likeness (QED) is 0.529. The smallest absolute Gasteiger partial charge is 0.351 e. The van der Waals surface area contributed by atoms with Crippen LogP contribution in [0.4, 0.5) is 0 Å². The molecule has 0 aromatic heterocycles. The van der Waals surface area contributed by atoms with Crippen molar-refractivity contribution in [3.05, 3.63) is 0 Å². The first-order valence-electron chi connectivity index (χ1n) is 3.46. The molecule has 4 heteroatoms. The molecule has 0 saturated heterocycles. The second kappa shape index (κ2) is 7.54. The monoisotopic (exact) mass is 179 g/mol. The van der Waals surface area contributed by atoms with Crippen LogP contribution in [0.2, 0.25) is 0 Å². The van der Waals surface area contributed by atoms with Crippen molar-refractivity contribution in [2.75, 3.05) is 6.61 Å². The molecule has 0 heterocycles. The SMILES string of the molecule is CCCC(=N)C(=O)OCC.Cl. The van der Waals surface area contributed by atoms with Gasteiger partial charge in [0.05, 0.1) is 6.61 Å². The number of esters is 1. The topological polar surface area (TPSA) is 50.2 Å². The van der Waals surface area contributed by atoms with Gasteiger partial charge in [0.15, 0.2) is 0 Å². The maximum Gasteiger partial charge on any atom is 0.351 e. The Hall–Kier alpha value is -0.570. The van der Waals surface area contributed by atoms with Crippen molar-refractivity contribution in [3.63, 3.8) is 0 Å². The predicted octanol–water partition coefficient (Wildman–Crippen LogP) is 1.79. The fourth-order valence-corrected chi connectivity index (χ4v) is 0.570. The Morgan fingerprint density at radius 1 is 1.45 bits per heavy atom. The van der Waals surface area contributed by atoms with Gasteiger partial charge in [-0.05, 0) is 13.3 Å². The van der Waals surface area contributed by atoms with E-state index in [0.29, 0.717) is 13.0 Å². The minimum atomic E-state index is -0.482. The molecule has 11 heavy (non-hydrogen) atoms. The van der Waals surface area contributed by atoms with Gasteiger partial charge in [0.1, 0.15) is 5.71 Å². The maximum atomic E-state index is 10.7. The van der Waals surface area contributed by atoms with Gasteiger partial charge in [-0.2, -0.15) is 0 Å². The lowest BCUT2D eigenvalue weighted by Crippen LogP contribution is -2.15. The number of halogens is 1. The molecule has 0 spiro atoms. The summed E-state index contributed by atoms with van der Waals surface area (Å²) in [7, 11) is 0. The third kappa shape index (κ3) is 5.85. The molecule has 0 amide bonds. The van der Waals surface area contributed by atoms with Gasteiger partial charge >= 0.3 is 5.97 Å². The molecule has 0 radical (unpaired) electrons. The minimum Gasteiger partial charge on any atom is -0.462 e. The molecule has 0 aliphatic rings. The lowest BCUT2D eigenvalue weighted by molar-refractivity contribution is -0.135. The van der Waals surface area contributed by atoms with Crippen molar-refractivity contribution in [2.45, 2.75) is 26.7 Å². The third-order valence-corrected chi connectivity index (χ3v) is 1.02. The summed E-state index contributed by atoms with van der Waals surface area (Å²) in [5.41, 5.74) is 0.0735. The Kier molecular flexibility index (Phi) is 8.94. The Morgan fingerprint density at radius 3 is 2.36 bits per heavy atom. The number of ether oxygens (including phenoxy) is 1. The average Bonchev–Trinajstić information content (AvgIpc) is 1.89. The molecule has 0 saturated carbocycles. The van der Waals surface area contributed by atoms with E-state index in [1.807, 2.05) is 6.92 Å². The molecule has 0 aromatic rings. The number of hydrogen-bond donors (Lipinski definition) is 1. The van der Waals surface area contributed by atoms with E-state index < -0.39 is 5.97 Å². The van der Waals surface area contributed by atoms with Crippen molar-refractivity contribution in [2.24, 2.45) is 0 Å². The van der Waals surface area contributed by atoms with Crippen molar-refractivity contribution in [1.29, 1.82) is 5.41 Å². The number of nitrogens with one attached hydrogen (secondary N) is 1. The Labute approximate surface area is 73.0 Å². The summed E-state index contributed by atoms with van der Waals surface area (Å²) in [5.74, 6) is -0.482. The lowest BCUT2D eigenvalue weighted by Gasteiger charge is -2.00. The largest absolute Gasteiger partial charge is 0.462 e. The van der Waals surface area contributed by atoms with Gasteiger partial charge in [0, 0.05) is 0 Å². The van der Waals surface area contributed by atoms with Crippen LogP contribution in [0.25, 0.3) is 0 Å². The highest BCUT2D eigenvalue weighted by atomic mass is 35.5. The second-order valence-electron chi connectivity index (χ2n) is 1.95. The predicted molar refractivity (Wildman–Crippen MR) is 46.5 cm³/mol. The van der Waals surface area contributed by atoms with Crippen LogP contribution >= 0.6 is 12.4 Å². The fourth-order valence-electron chi connectivity index (χ4n) is 0.570. The molecule has 0 bridgehead atoms. The molecule has 0 aliphatic heterocycles. The van der Waals surface area contributed by atoms with Crippen LogP contribution in [0.3, 0.4) is 0 Å². The van der Waals surface area contributed by atoms with Gasteiger partial charge in [-0.25, -0.2) is 4.79 Å². The van der Waals surface area contributed by atoms with E-state index in [1.165, 1.54) is 0 Å². The highest BCUT2D eigenvalue weighted by Crippen LogP contribution is 1.91. The zero-order valence-corrected chi connectivity index (χ0v) is 7.66. The molecule has 0 aromatic carbocycles. The van der Waals surface area contributed by atoms with Crippen LogP contribution in [0, 0.1) is 5.41 Å². The van der Waals surface area contributed by atoms with Crippen LogP contribution in [0.1, 0.15) is 26.7 Å². The third-order valence-electron chi connectivity index (χ3n) is 1.02. The second-order valence-corrected chi connectivity index (χ2v) is 1.95. The van der Waals surface area contributed by atoms with Gasteiger partial charge in [-0.15, -0.1) is 12.4 Å². The number of carbonyl (C=O) groups is 1. The molecule has 3 nitrogen and oxygen atoms in total. The first-order chi connectivity index (χ1) is 4.72. The van der Waals surface area contributed by atoms with Gasteiger partial charge in [-0.3, -0.25) is 5.41 Å². The Bertz CT molecular complexity index is 120. The van der Waals surface area contributed by atoms with Crippen LogP contribution in [0.5, 0.6) is 0 Å². The summed E-state index contributed by atoms with van der Waals surface area (Å²) in [6, 6.07) is 0. The standard InChI is InChI=1S/C7H13NO2.ClH/c1-3-5-6(8)7(9)10-4-2;/h8H,3-5H2,1-2H3;1H. The lowest BCUT2D eigenvalue weighted by atomic mass is 10.2. The van der Waals surface area contributed by atoms with Gasteiger partial charge < -0.3 is 4.74 Å². The number of hydrogen-bond acceptors (Lipinski definition) is 3. The van der Waals surface area contributed by atoms with Gasteiger partial charge in [0.2, 0.25) is 0 Å². The van der Waals surface area contributed by atoms with Crippen molar-refractivity contribution >= 4 is 24.1 Å². The zero-order valence-electron chi connectivity index (χ0n) is 6.85. The van der Waals surface area contributed by atoms with E-state index in [-0.39, 0.29) is 18.1 Å². The van der Waals surface area contributed by atoms with E-state index in [1.54, 1.807) is 6.92 Å². The molecule has 0 aliphatic carbocycles. The fraction of sp³-hybridized carbons (Fsp3) is 0.714. The highest BCUT2D eigenvalue weighted by molar-refractivity contribution is 6.34. The first-order valence-corrected chi connectivity index (χ1v) is 3.46. The Morgan fingerprint density at radius 2 is 2.00 bits per heavy atom. The van der Waals surface area contributed by atoms with Crippen LogP contribution in [0.15, 0.2) is 0 Å². The summed E-state index contributed by atoms with van der Waals surface area (Å²) in [5, 5.41) is 7.12. The Balaban J connectivity index is 0. The normalized spacial score (nSPS) is 8.18. The van der Waals surface area contributed by atoms with Crippen LogP contribution in [-0.4, -0.2) is 18.3 Å². The van der Waals surface area contributed by atoms with Crippen molar-refractivity contribution in [3.8, 4) is 0 Å². The maximum absolute atomic E-state index is 10.7. The summed E-state index contributed by atoms with van der Waals surface area (Å²) in [6.07, 6.45) is 1.33. The molecule has 0 rings (SSSR count). The molecule has 66 valence electrons. The summed E-state index contributed by atoms with van der Waals surface area (Å²) in [4.78, 5) is 10.7. The molecule has 1 N–H and O–H groups in total. The van der Waals surface area contributed by atoms with E-state index in [4.69, 9.17) is 5.41 Å². The zero-order chi connectivity index (χ0) is 7.98. The summed E-state index contributed by atoms with van der Waals surface area (Å²) in [6.45, 7) is 4.01. The van der Waals surface area contributed by atoms with Gasteiger partial charge in [-0.1, -0.05) is 13.3 Å². The average molecular weight is 180 g/mol. The molecular formula is C7H14ClNO2. The van der Waals surface area contributed by atoms with E-state index >= 15 is 0 Å².